The van der Waals surface area contributed by atoms with E-state index in [1.165, 1.54) is 0 Å². The Hall–Kier alpha value is -3.08. The van der Waals surface area contributed by atoms with Crippen LogP contribution in [0.2, 0.25) is 0 Å². The Bertz CT molecular complexity index is 991. The van der Waals surface area contributed by atoms with Crippen molar-refractivity contribution in [3.05, 3.63) is 70.8 Å². The summed E-state index contributed by atoms with van der Waals surface area (Å²) in [6.07, 6.45) is 2.80. The fraction of sp³-hybridized carbons (Fsp3) is 0.407. The van der Waals surface area contributed by atoms with Crippen LogP contribution in [0.3, 0.4) is 0 Å². The molecule has 1 unspecified atom stereocenters. The van der Waals surface area contributed by atoms with Gasteiger partial charge in [-0.25, -0.2) is 0 Å². The lowest BCUT2D eigenvalue weighted by atomic mass is 9.94. The molecule has 5 nitrogen and oxygen atoms in total. The molecule has 1 aliphatic heterocycles. The second-order valence-electron chi connectivity index (χ2n) is 8.84. The van der Waals surface area contributed by atoms with E-state index in [1.54, 1.807) is 29.2 Å². The molecule has 2 aromatic rings. The lowest BCUT2D eigenvalue weighted by Gasteiger charge is -2.25. The molecule has 0 spiro atoms. The number of hydrogen-bond acceptors (Lipinski definition) is 4. The van der Waals surface area contributed by atoms with Crippen LogP contribution in [0.4, 0.5) is 0 Å². The van der Waals surface area contributed by atoms with Crippen LogP contribution in [0.25, 0.3) is 5.76 Å². The van der Waals surface area contributed by atoms with Crippen molar-refractivity contribution in [1.29, 1.82) is 0 Å². The highest BCUT2D eigenvalue weighted by Gasteiger charge is 2.45. The Balaban J connectivity index is 2.01. The van der Waals surface area contributed by atoms with Crippen LogP contribution < -0.4 is 4.74 Å². The minimum absolute atomic E-state index is 0.146. The zero-order valence-corrected chi connectivity index (χ0v) is 19.4. The number of hydrogen-bond donors (Lipinski definition) is 1. The van der Waals surface area contributed by atoms with Crippen molar-refractivity contribution >= 4 is 17.4 Å². The van der Waals surface area contributed by atoms with E-state index < -0.39 is 17.7 Å². The van der Waals surface area contributed by atoms with E-state index in [9.17, 15) is 14.7 Å². The second kappa shape index (κ2) is 10.5. The summed E-state index contributed by atoms with van der Waals surface area (Å²) >= 11 is 0. The number of ether oxygens (including phenoxy) is 1. The second-order valence-corrected chi connectivity index (χ2v) is 8.84. The Morgan fingerprint density at radius 2 is 1.81 bits per heavy atom. The number of aliphatic hydroxyl groups is 1. The molecule has 0 radical (unpaired) electrons. The maximum atomic E-state index is 13.0. The first-order chi connectivity index (χ1) is 15.3. The number of benzene rings is 2. The molecule has 1 aliphatic rings. The minimum atomic E-state index is -0.634. The topological polar surface area (TPSA) is 66.8 Å². The lowest BCUT2D eigenvalue weighted by Crippen LogP contribution is -2.30. The van der Waals surface area contributed by atoms with Crippen LogP contribution in [0.5, 0.6) is 5.75 Å². The zero-order chi connectivity index (χ0) is 23.3. The summed E-state index contributed by atoms with van der Waals surface area (Å²) in [5, 5.41) is 11.1. The molecule has 32 heavy (non-hydrogen) atoms. The standard InChI is InChI=1S/C27H33NO4/c1-5-6-7-15-28-24(21-10-8-9-19(4)16-21)23(26(30)27(28)31)25(29)20-11-13-22(14-12-20)32-17-18(2)3/h8-14,16,18,24,29H,5-7,15,17H2,1-4H3/b25-23-. The molecule has 1 N–H and O–H groups in total. The number of ketones is 1. The van der Waals surface area contributed by atoms with Crippen molar-refractivity contribution in [3.8, 4) is 5.75 Å². The van der Waals surface area contributed by atoms with Crippen molar-refractivity contribution in [2.24, 2.45) is 5.92 Å². The molecule has 1 amide bonds. The predicted molar refractivity (Wildman–Crippen MR) is 126 cm³/mol. The van der Waals surface area contributed by atoms with Crippen molar-refractivity contribution in [1.82, 2.24) is 4.90 Å². The molecule has 0 saturated carbocycles. The van der Waals surface area contributed by atoms with Gasteiger partial charge >= 0.3 is 0 Å². The number of nitrogens with zero attached hydrogens (tertiary/aromatic N) is 1. The number of Topliss-reactive ketones (excluding diaryl/α,β-unsaturated/α-hetero) is 1. The van der Waals surface area contributed by atoms with Crippen molar-refractivity contribution < 1.29 is 19.4 Å². The summed E-state index contributed by atoms with van der Waals surface area (Å²) in [6, 6.07) is 14.2. The SMILES string of the molecule is CCCCCN1C(=O)C(=O)/C(=C(\O)c2ccc(OCC(C)C)cc2)C1c1cccc(C)c1. The largest absolute Gasteiger partial charge is 0.507 e. The van der Waals surface area contributed by atoms with E-state index in [-0.39, 0.29) is 11.3 Å². The van der Waals surface area contributed by atoms with Gasteiger partial charge in [0.1, 0.15) is 11.5 Å². The third kappa shape index (κ3) is 5.21. The average Bonchev–Trinajstić information content (AvgIpc) is 3.03. The molecule has 170 valence electrons. The minimum Gasteiger partial charge on any atom is -0.507 e. The van der Waals surface area contributed by atoms with E-state index >= 15 is 0 Å². The van der Waals surface area contributed by atoms with Gasteiger partial charge in [-0.05, 0) is 49.1 Å². The van der Waals surface area contributed by atoms with Crippen molar-refractivity contribution in [2.45, 2.75) is 53.0 Å². The van der Waals surface area contributed by atoms with Gasteiger partial charge in [0.05, 0.1) is 18.2 Å². The van der Waals surface area contributed by atoms with Crippen LogP contribution in [-0.2, 0) is 9.59 Å². The number of aliphatic hydroxyl groups excluding tert-OH is 1. The Morgan fingerprint density at radius 3 is 2.44 bits per heavy atom. The van der Waals surface area contributed by atoms with Crippen molar-refractivity contribution in [3.63, 3.8) is 0 Å². The van der Waals surface area contributed by atoms with E-state index in [0.717, 1.165) is 30.4 Å². The van der Waals surface area contributed by atoms with Gasteiger partial charge in [-0.2, -0.15) is 0 Å². The maximum absolute atomic E-state index is 13.0. The maximum Gasteiger partial charge on any atom is 0.295 e. The molecule has 0 aromatic heterocycles. The summed E-state index contributed by atoms with van der Waals surface area (Å²) in [7, 11) is 0. The number of aryl methyl sites for hydroxylation is 1. The zero-order valence-electron chi connectivity index (χ0n) is 19.4. The smallest absolute Gasteiger partial charge is 0.295 e. The van der Waals surface area contributed by atoms with E-state index in [4.69, 9.17) is 4.74 Å². The number of likely N-dealkylation sites (tertiary alicyclic amines) is 1. The van der Waals surface area contributed by atoms with Gasteiger partial charge in [-0.15, -0.1) is 0 Å². The van der Waals surface area contributed by atoms with Gasteiger partial charge < -0.3 is 14.7 Å². The summed E-state index contributed by atoms with van der Waals surface area (Å²) in [5.41, 5.74) is 2.51. The van der Waals surface area contributed by atoms with Gasteiger partial charge in [-0.3, -0.25) is 9.59 Å². The molecule has 1 heterocycles. The van der Waals surface area contributed by atoms with E-state index in [0.29, 0.717) is 30.4 Å². The molecule has 3 rings (SSSR count). The fourth-order valence-corrected chi connectivity index (χ4v) is 3.96. The summed E-state index contributed by atoms with van der Waals surface area (Å²) < 4.78 is 5.71. The first kappa shape index (κ1) is 23.6. The molecular formula is C27H33NO4. The first-order valence-corrected chi connectivity index (χ1v) is 11.4. The molecular weight excluding hydrogens is 402 g/mol. The lowest BCUT2D eigenvalue weighted by molar-refractivity contribution is -0.139. The highest BCUT2D eigenvalue weighted by Crippen LogP contribution is 2.40. The van der Waals surface area contributed by atoms with Gasteiger partial charge in [0.25, 0.3) is 11.7 Å². The Labute approximate surface area is 190 Å². The monoisotopic (exact) mass is 435 g/mol. The molecule has 2 aromatic carbocycles. The normalized spacial score (nSPS) is 17.9. The molecule has 0 aliphatic carbocycles. The van der Waals surface area contributed by atoms with E-state index in [1.807, 2.05) is 31.2 Å². The fourth-order valence-electron chi connectivity index (χ4n) is 3.96. The molecule has 1 fully saturated rings. The third-order valence-corrected chi connectivity index (χ3v) is 5.61. The summed E-state index contributed by atoms with van der Waals surface area (Å²) in [4.78, 5) is 27.6. The number of amides is 1. The molecule has 5 heteroatoms. The van der Waals surface area contributed by atoms with Gasteiger partial charge in [0.2, 0.25) is 0 Å². The van der Waals surface area contributed by atoms with Crippen LogP contribution in [-0.4, -0.2) is 34.8 Å². The van der Waals surface area contributed by atoms with Crippen LogP contribution in [0.1, 0.15) is 62.8 Å². The van der Waals surface area contributed by atoms with Gasteiger partial charge in [0.15, 0.2) is 0 Å². The summed E-state index contributed by atoms with van der Waals surface area (Å²) in [6.45, 7) is 9.30. The van der Waals surface area contributed by atoms with Gasteiger partial charge in [-0.1, -0.05) is 63.4 Å². The molecule has 1 atom stereocenters. The Morgan fingerprint density at radius 1 is 1.09 bits per heavy atom. The van der Waals surface area contributed by atoms with Crippen LogP contribution in [0.15, 0.2) is 54.1 Å². The van der Waals surface area contributed by atoms with E-state index in [2.05, 4.69) is 20.8 Å². The Kier molecular flexibility index (Phi) is 7.73. The average molecular weight is 436 g/mol. The highest BCUT2D eigenvalue weighted by atomic mass is 16.5. The first-order valence-electron chi connectivity index (χ1n) is 11.4. The van der Waals surface area contributed by atoms with Crippen LogP contribution in [0, 0.1) is 12.8 Å². The number of carbonyl (C=O) groups excluding carboxylic acids is 2. The van der Waals surface area contributed by atoms with Crippen molar-refractivity contribution in [2.75, 3.05) is 13.2 Å². The number of rotatable bonds is 9. The molecule has 1 saturated heterocycles. The highest BCUT2D eigenvalue weighted by molar-refractivity contribution is 6.46. The third-order valence-electron chi connectivity index (χ3n) is 5.61. The summed E-state index contributed by atoms with van der Waals surface area (Å²) in [5.74, 6) is -0.230. The predicted octanol–water partition coefficient (Wildman–Crippen LogP) is 5.64. The number of carbonyl (C=O) groups is 2. The molecule has 0 bridgehead atoms. The van der Waals surface area contributed by atoms with Gasteiger partial charge in [0, 0.05) is 12.1 Å². The number of unbranched alkanes of at least 4 members (excludes halogenated alkanes) is 2. The van der Waals surface area contributed by atoms with Crippen LogP contribution >= 0.6 is 0 Å². The quantitative estimate of drug-likeness (QED) is 0.239.